The standard InChI is InChI=1S/C24H29N5O3S2/c1-17-10-11-18(23-27-26-21-8-3-2-4-13-29(21)23)15-20(17)25-24(30)19-7-5-12-28(16-19)34(31,32)22-9-6-14-33-22/h6,9-11,14-15,19H,2-5,7-8,12-13,16H2,1H3,(H,25,30). The lowest BCUT2D eigenvalue weighted by Gasteiger charge is -2.31. The Bertz CT molecular complexity index is 1280. The number of fused-ring (bicyclic) bond motifs is 1. The average molecular weight is 500 g/mol. The SMILES string of the molecule is Cc1ccc(-c2nnc3n2CCCCC3)cc1NC(=O)C1CCCN(S(=O)(=O)c2cccs2)C1. The van der Waals surface area contributed by atoms with Crippen molar-refractivity contribution >= 4 is 33.0 Å². The number of nitrogens with one attached hydrogen (secondary N) is 1. The Labute approximate surface area is 204 Å². The summed E-state index contributed by atoms with van der Waals surface area (Å²) >= 11 is 1.21. The van der Waals surface area contributed by atoms with Gasteiger partial charge < -0.3 is 9.88 Å². The number of carbonyl (C=O) groups is 1. The molecule has 1 saturated heterocycles. The fourth-order valence-electron chi connectivity index (χ4n) is 4.74. The number of carbonyl (C=O) groups excluding carboxylic acids is 1. The molecule has 3 aromatic rings. The van der Waals surface area contributed by atoms with Crippen LogP contribution in [0.4, 0.5) is 5.69 Å². The van der Waals surface area contributed by atoms with Crippen LogP contribution in [0.1, 0.15) is 43.5 Å². The number of thiophene rings is 1. The minimum atomic E-state index is -3.56. The number of sulfonamides is 1. The first-order valence-electron chi connectivity index (χ1n) is 11.8. The van der Waals surface area contributed by atoms with Crippen LogP contribution < -0.4 is 5.32 Å². The van der Waals surface area contributed by atoms with Crippen LogP contribution in [-0.4, -0.2) is 46.5 Å². The fraction of sp³-hybridized carbons (Fsp3) is 0.458. The van der Waals surface area contributed by atoms with Crippen LogP contribution >= 0.6 is 11.3 Å². The molecule has 0 spiro atoms. The molecule has 2 aliphatic rings. The zero-order valence-electron chi connectivity index (χ0n) is 19.2. The molecule has 2 aromatic heterocycles. The number of rotatable bonds is 5. The molecule has 5 rings (SSSR count). The van der Waals surface area contributed by atoms with Crippen molar-refractivity contribution < 1.29 is 13.2 Å². The lowest BCUT2D eigenvalue weighted by molar-refractivity contribution is -0.120. The summed E-state index contributed by atoms with van der Waals surface area (Å²) in [4.78, 5) is 13.2. The molecule has 4 heterocycles. The summed E-state index contributed by atoms with van der Waals surface area (Å²) in [6.07, 6.45) is 5.70. The van der Waals surface area contributed by atoms with Gasteiger partial charge in [0, 0.05) is 37.3 Å². The van der Waals surface area contributed by atoms with Gasteiger partial charge in [-0.2, -0.15) is 4.31 Å². The number of amides is 1. The van der Waals surface area contributed by atoms with Crippen molar-refractivity contribution in [1.82, 2.24) is 19.1 Å². The minimum Gasteiger partial charge on any atom is -0.326 e. The predicted octanol–water partition coefficient (Wildman–Crippen LogP) is 4.08. The Balaban J connectivity index is 1.34. The zero-order valence-corrected chi connectivity index (χ0v) is 20.9. The molecule has 0 saturated carbocycles. The summed E-state index contributed by atoms with van der Waals surface area (Å²) in [5.74, 6) is 1.31. The molecule has 1 unspecified atom stereocenters. The van der Waals surface area contributed by atoms with Crippen molar-refractivity contribution in [1.29, 1.82) is 0 Å². The summed E-state index contributed by atoms with van der Waals surface area (Å²) in [5.41, 5.74) is 2.60. The van der Waals surface area contributed by atoms with Crippen LogP contribution in [0, 0.1) is 12.8 Å². The summed E-state index contributed by atoms with van der Waals surface area (Å²) in [6, 6.07) is 9.30. The molecule has 34 heavy (non-hydrogen) atoms. The van der Waals surface area contributed by atoms with Crippen LogP contribution in [0.5, 0.6) is 0 Å². The largest absolute Gasteiger partial charge is 0.326 e. The molecule has 0 bridgehead atoms. The lowest BCUT2D eigenvalue weighted by Crippen LogP contribution is -2.43. The first-order valence-corrected chi connectivity index (χ1v) is 14.1. The van der Waals surface area contributed by atoms with E-state index in [1.165, 1.54) is 22.1 Å². The molecular formula is C24H29N5O3S2. The van der Waals surface area contributed by atoms with Crippen LogP contribution in [0.15, 0.2) is 39.9 Å². The molecule has 1 fully saturated rings. The van der Waals surface area contributed by atoms with E-state index in [1.807, 2.05) is 25.1 Å². The molecular weight excluding hydrogens is 470 g/mol. The van der Waals surface area contributed by atoms with E-state index >= 15 is 0 Å². The van der Waals surface area contributed by atoms with Crippen LogP contribution in [0.2, 0.25) is 0 Å². The average Bonchev–Trinajstić information content (AvgIpc) is 3.47. The van der Waals surface area contributed by atoms with Gasteiger partial charge in [0.2, 0.25) is 5.91 Å². The predicted molar refractivity (Wildman–Crippen MR) is 132 cm³/mol. The first kappa shape index (κ1) is 23.2. The van der Waals surface area contributed by atoms with Gasteiger partial charge in [-0.15, -0.1) is 21.5 Å². The number of aryl methyl sites for hydroxylation is 2. The third-order valence-corrected chi connectivity index (χ3v) is 9.95. The highest BCUT2D eigenvalue weighted by molar-refractivity contribution is 7.91. The number of anilines is 1. The van der Waals surface area contributed by atoms with Crippen LogP contribution in [0.25, 0.3) is 11.4 Å². The van der Waals surface area contributed by atoms with E-state index in [1.54, 1.807) is 17.5 Å². The number of piperidine rings is 1. The van der Waals surface area contributed by atoms with Gasteiger partial charge in [-0.25, -0.2) is 8.42 Å². The van der Waals surface area contributed by atoms with Gasteiger partial charge in [-0.05, 0) is 55.7 Å². The second kappa shape index (κ2) is 9.59. The van der Waals surface area contributed by atoms with Crippen molar-refractivity contribution in [2.75, 3.05) is 18.4 Å². The summed E-state index contributed by atoms with van der Waals surface area (Å²) in [7, 11) is -3.56. The number of benzene rings is 1. The van der Waals surface area contributed by atoms with E-state index in [-0.39, 0.29) is 12.5 Å². The van der Waals surface area contributed by atoms with E-state index < -0.39 is 15.9 Å². The Morgan fingerprint density at radius 3 is 2.82 bits per heavy atom. The zero-order chi connectivity index (χ0) is 23.7. The third kappa shape index (κ3) is 4.54. The van der Waals surface area contributed by atoms with Crippen LogP contribution in [-0.2, 0) is 27.8 Å². The van der Waals surface area contributed by atoms with Crippen molar-refractivity contribution in [3.8, 4) is 11.4 Å². The quantitative estimate of drug-likeness (QED) is 0.571. The Kier molecular flexibility index (Phi) is 6.54. The van der Waals surface area contributed by atoms with Crippen molar-refractivity contribution in [2.45, 2.75) is 56.2 Å². The number of aromatic nitrogens is 3. The van der Waals surface area contributed by atoms with E-state index in [2.05, 4.69) is 20.1 Å². The topological polar surface area (TPSA) is 97.2 Å². The summed E-state index contributed by atoms with van der Waals surface area (Å²) in [6.45, 7) is 3.50. The fourth-order valence-corrected chi connectivity index (χ4v) is 7.41. The maximum absolute atomic E-state index is 13.2. The maximum atomic E-state index is 13.2. The van der Waals surface area contributed by atoms with Crippen molar-refractivity contribution in [3.05, 3.63) is 47.1 Å². The van der Waals surface area contributed by atoms with E-state index in [9.17, 15) is 13.2 Å². The van der Waals surface area contributed by atoms with Gasteiger partial charge in [-0.3, -0.25) is 4.79 Å². The summed E-state index contributed by atoms with van der Waals surface area (Å²) < 4.78 is 29.8. The Hall–Kier alpha value is -2.56. The molecule has 10 heteroatoms. The molecule has 180 valence electrons. The second-order valence-electron chi connectivity index (χ2n) is 9.06. The van der Waals surface area contributed by atoms with Gasteiger partial charge in [0.15, 0.2) is 5.82 Å². The summed E-state index contributed by atoms with van der Waals surface area (Å²) in [5, 5.41) is 13.7. The Morgan fingerprint density at radius 2 is 2.00 bits per heavy atom. The van der Waals surface area contributed by atoms with Crippen LogP contribution in [0.3, 0.4) is 0 Å². The van der Waals surface area contributed by atoms with Gasteiger partial charge in [0.05, 0.1) is 5.92 Å². The molecule has 1 aromatic carbocycles. The first-order chi connectivity index (χ1) is 16.4. The normalized spacial score (nSPS) is 19.4. The highest BCUT2D eigenvalue weighted by Crippen LogP contribution is 2.30. The minimum absolute atomic E-state index is 0.147. The number of nitrogens with zero attached hydrogens (tertiary/aromatic N) is 4. The van der Waals surface area contributed by atoms with Gasteiger partial charge >= 0.3 is 0 Å². The Morgan fingerprint density at radius 1 is 1.12 bits per heavy atom. The lowest BCUT2D eigenvalue weighted by atomic mass is 9.98. The molecule has 0 radical (unpaired) electrons. The van der Waals surface area contributed by atoms with Crippen molar-refractivity contribution in [3.63, 3.8) is 0 Å². The molecule has 2 aliphatic heterocycles. The smallest absolute Gasteiger partial charge is 0.252 e. The number of hydrogen-bond donors (Lipinski definition) is 1. The highest BCUT2D eigenvalue weighted by Gasteiger charge is 2.34. The third-order valence-electron chi connectivity index (χ3n) is 6.71. The van der Waals surface area contributed by atoms with Crippen molar-refractivity contribution in [2.24, 2.45) is 5.92 Å². The molecule has 0 aliphatic carbocycles. The van der Waals surface area contributed by atoms with Gasteiger partial charge in [0.1, 0.15) is 10.0 Å². The van der Waals surface area contributed by atoms with E-state index in [4.69, 9.17) is 0 Å². The molecule has 1 amide bonds. The van der Waals surface area contributed by atoms with Gasteiger partial charge in [0.25, 0.3) is 10.0 Å². The molecule has 1 N–H and O–H groups in total. The van der Waals surface area contributed by atoms with E-state index in [0.717, 1.165) is 54.3 Å². The van der Waals surface area contributed by atoms with E-state index in [0.29, 0.717) is 23.6 Å². The highest BCUT2D eigenvalue weighted by atomic mass is 32.2. The number of hydrogen-bond acceptors (Lipinski definition) is 6. The molecule has 1 atom stereocenters. The van der Waals surface area contributed by atoms with Gasteiger partial charge in [-0.1, -0.05) is 24.6 Å². The molecule has 8 nitrogen and oxygen atoms in total. The maximum Gasteiger partial charge on any atom is 0.252 e. The monoisotopic (exact) mass is 499 g/mol. The second-order valence-corrected chi connectivity index (χ2v) is 12.2.